The molecule has 0 aliphatic carbocycles. The summed E-state index contributed by atoms with van der Waals surface area (Å²) in [5.41, 5.74) is 2.05. The van der Waals surface area contributed by atoms with Gasteiger partial charge in [0.2, 0.25) is 5.91 Å². The summed E-state index contributed by atoms with van der Waals surface area (Å²) >= 11 is 0. The van der Waals surface area contributed by atoms with E-state index < -0.39 is 5.97 Å². The Kier molecular flexibility index (Phi) is 3.13. The van der Waals surface area contributed by atoms with Gasteiger partial charge in [0.15, 0.2) is 0 Å². The van der Waals surface area contributed by atoms with Crippen molar-refractivity contribution >= 4 is 17.6 Å². The summed E-state index contributed by atoms with van der Waals surface area (Å²) in [4.78, 5) is 24.2. The molecule has 0 bridgehead atoms. The molecule has 0 saturated carbocycles. The first-order valence-electron chi connectivity index (χ1n) is 5.67. The number of nitrogens with zero attached hydrogens (tertiary/aromatic N) is 1. The van der Waals surface area contributed by atoms with E-state index in [-0.39, 0.29) is 18.2 Å². The van der Waals surface area contributed by atoms with Gasteiger partial charge in [-0.3, -0.25) is 9.59 Å². The number of hydrogen-bond acceptors (Lipinski definition) is 2. The van der Waals surface area contributed by atoms with Crippen molar-refractivity contribution in [3.63, 3.8) is 0 Å². The fourth-order valence-electron chi connectivity index (χ4n) is 2.28. The molecule has 0 aromatic heterocycles. The molecule has 1 amide bonds. The lowest BCUT2D eigenvalue weighted by Gasteiger charge is -2.31. The molecule has 0 unspecified atom stereocenters. The first kappa shape index (κ1) is 11.6. The Hall–Kier alpha value is -1.84. The number of carboxylic acids is 1. The van der Waals surface area contributed by atoms with E-state index in [9.17, 15) is 9.59 Å². The first-order chi connectivity index (χ1) is 8.09. The molecule has 1 heterocycles. The molecular weight excluding hydrogens is 218 g/mol. The Morgan fingerprint density at radius 1 is 1.47 bits per heavy atom. The maximum absolute atomic E-state index is 12.0. The largest absolute Gasteiger partial charge is 0.481 e. The van der Waals surface area contributed by atoms with Crippen LogP contribution in [0.3, 0.4) is 0 Å². The zero-order valence-corrected chi connectivity index (χ0v) is 9.72. The highest BCUT2D eigenvalue weighted by atomic mass is 16.4. The lowest BCUT2D eigenvalue weighted by atomic mass is 9.89. The van der Waals surface area contributed by atoms with Crippen LogP contribution in [0.1, 0.15) is 18.4 Å². The lowest BCUT2D eigenvalue weighted by Crippen LogP contribution is -2.38. The molecule has 90 valence electrons. The number of aliphatic carboxylic acids is 1. The monoisotopic (exact) mass is 233 g/mol. The molecule has 1 N–H and O–H groups in total. The second kappa shape index (κ2) is 4.57. The summed E-state index contributed by atoms with van der Waals surface area (Å²) in [6.07, 6.45) is 1.10. The number of carbonyl (C=O) groups excluding carboxylic acids is 1. The summed E-state index contributed by atoms with van der Waals surface area (Å²) in [5.74, 6) is -1.03. The molecule has 2 rings (SSSR count). The molecule has 0 saturated heterocycles. The Balaban J connectivity index is 2.19. The second-order valence-electron chi connectivity index (χ2n) is 4.36. The van der Waals surface area contributed by atoms with Gasteiger partial charge in [0, 0.05) is 25.1 Å². The average molecular weight is 233 g/mol. The van der Waals surface area contributed by atoms with Crippen molar-refractivity contribution in [1.29, 1.82) is 0 Å². The summed E-state index contributed by atoms with van der Waals surface area (Å²) in [6.45, 7) is 0. The number of hydrogen-bond donors (Lipinski definition) is 1. The predicted molar refractivity (Wildman–Crippen MR) is 63.9 cm³/mol. The summed E-state index contributed by atoms with van der Waals surface area (Å²) < 4.78 is 0. The van der Waals surface area contributed by atoms with Gasteiger partial charge in [0.25, 0.3) is 0 Å². The van der Waals surface area contributed by atoms with E-state index in [2.05, 4.69) is 0 Å². The van der Waals surface area contributed by atoms with Gasteiger partial charge in [-0.2, -0.15) is 0 Å². The fourth-order valence-corrected chi connectivity index (χ4v) is 2.28. The molecule has 0 fully saturated rings. The molecule has 1 aliphatic rings. The van der Waals surface area contributed by atoms with Gasteiger partial charge in [0.05, 0.1) is 0 Å². The molecular formula is C13H15NO3. The third kappa shape index (κ3) is 2.30. The van der Waals surface area contributed by atoms with E-state index in [1.165, 1.54) is 0 Å². The van der Waals surface area contributed by atoms with Gasteiger partial charge in [0.1, 0.15) is 0 Å². The van der Waals surface area contributed by atoms with Crippen molar-refractivity contribution in [2.45, 2.75) is 19.3 Å². The summed E-state index contributed by atoms with van der Waals surface area (Å²) in [6, 6.07) is 7.75. The number of carbonyl (C=O) groups is 2. The standard InChI is InChI=1S/C13H15NO3/c1-14-11-5-3-2-4-9(11)8-10(13(14)17)6-7-12(15)16/h2-5,10H,6-8H2,1H3,(H,15,16)/t10-/m1/s1. The highest BCUT2D eigenvalue weighted by Crippen LogP contribution is 2.31. The maximum Gasteiger partial charge on any atom is 0.303 e. The van der Waals surface area contributed by atoms with Gasteiger partial charge in [-0.05, 0) is 24.5 Å². The minimum Gasteiger partial charge on any atom is -0.481 e. The molecule has 4 nitrogen and oxygen atoms in total. The van der Waals surface area contributed by atoms with Crippen molar-refractivity contribution < 1.29 is 14.7 Å². The van der Waals surface area contributed by atoms with E-state index in [0.717, 1.165) is 11.3 Å². The minimum absolute atomic E-state index is 0.0185. The van der Waals surface area contributed by atoms with E-state index in [1.807, 2.05) is 24.3 Å². The smallest absolute Gasteiger partial charge is 0.303 e. The van der Waals surface area contributed by atoms with Crippen LogP contribution in [0.25, 0.3) is 0 Å². The molecule has 4 heteroatoms. The normalized spacial score (nSPS) is 19.0. The number of amides is 1. The number of rotatable bonds is 3. The molecule has 1 aromatic rings. The van der Waals surface area contributed by atoms with Crippen LogP contribution in [0.2, 0.25) is 0 Å². The van der Waals surface area contributed by atoms with Crippen LogP contribution in [0.4, 0.5) is 5.69 Å². The van der Waals surface area contributed by atoms with Crippen molar-refractivity contribution in [2.24, 2.45) is 5.92 Å². The van der Waals surface area contributed by atoms with Gasteiger partial charge < -0.3 is 10.0 Å². The number of benzene rings is 1. The van der Waals surface area contributed by atoms with Crippen molar-refractivity contribution in [3.05, 3.63) is 29.8 Å². The van der Waals surface area contributed by atoms with E-state index in [1.54, 1.807) is 11.9 Å². The fraction of sp³-hybridized carbons (Fsp3) is 0.385. The quantitative estimate of drug-likeness (QED) is 0.864. The molecule has 1 aromatic carbocycles. The maximum atomic E-state index is 12.0. The topological polar surface area (TPSA) is 57.6 Å². The molecule has 0 spiro atoms. The number of para-hydroxylation sites is 1. The van der Waals surface area contributed by atoms with Crippen LogP contribution in [-0.4, -0.2) is 24.0 Å². The minimum atomic E-state index is -0.848. The molecule has 17 heavy (non-hydrogen) atoms. The third-order valence-electron chi connectivity index (χ3n) is 3.21. The second-order valence-corrected chi connectivity index (χ2v) is 4.36. The van der Waals surface area contributed by atoms with Gasteiger partial charge in [-0.15, -0.1) is 0 Å². The zero-order chi connectivity index (χ0) is 12.4. The van der Waals surface area contributed by atoms with Crippen LogP contribution < -0.4 is 4.90 Å². The van der Waals surface area contributed by atoms with Crippen LogP contribution >= 0.6 is 0 Å². The number of anilines is 1. The van der Waals surface area contributed by atoms with Gasteiger partial charge in [-0.25, -0.2) is 0 Å². The molecule has 0 radical (unpaired) electrons. The zero-order valence-electron chi connectivity index (χ0n) is 9.72. The lowest BCUT2D eigenvalue weighted by molar-refractivity contribution is -0.137. The van der Waals surface area contributed by atoms with Crippen molar-refractivity contribution in [1.82, 2.24) is 0 Å². The Bertz CT molecular complexity index is 456. The van der Waals surface area contributed by atoms with Gasteiger partial charge >= 0.3 is 5.97 Å². The highest BCUT2D eigenvalue weighted by Gasteiger charge is 2.30. The van der Waals surface area contributed by atoms with E-state index in [4.69, 9.17) is 5.11 Å². The Morgan fingerprint density at radius 3 is 2.88 bits per heavy atom. The number of carboxylic acid groups (broad SMARTS) is 1. The number of fused-ring (bicyclic) bond motifs is 1. The molecule has 1 aliphatic heterocycles. The van der Waals surface area contributed by atoms with Crippen LogP contribution in [0.5, 0.6) is 0 Å². The highest BCUT2D eigenvalue weighted by molar-refractivity contribution is 5.97. The van der Waals surface area contributed by atoms with Crippen molar-refractivity contribution in [3.8, 4) is 0 Å². The summed E-state index contributed by atoms with van der Waals surface area (Å²) in [7, 11) is 1.74. The third-order valence-corrected chi connectivity index (χ3v) is 3.21. The Morgan fingerprint density at radius 2 is 2.18 bits per heavy atom. The average Bonchev–Trinajstić information content (AvgIpc) is 2.32. The van der Waals surface area contributed by atoms with Crippen LogP contribution in [0.15, 0.2) is 24.3 Å². The van der Waals surface area contributed by atoms with Crippen molar-refractivity contribution in [2.75, 3.05) is 11.9 Å². The molecule has 1 atom stereocenters. The SMILES string of the molecule is CN1C(=O)[C@H](CCC(=O)O)Cc2ccccc21. The van der Waals surface area contributed by atoms with Crippen LogP contribution in [-0.2, 0) is 16.0 Å². The summed E-state index contributed by atoms with van der Waals surface area (Å²) in [5, 5.41) is 8.67. The van der Waals surface area contributed by atoms with Crippen LogP contribution in [0, 0.1) is 5.92 Å². The van der Waals surface area contributed by atoms with Gasteiger partial charge in [-0.1, -0.05) is 18.2 Å². The van der Waals surface area contributed by atoms with E-state index in [0.29, 0.717) is 12.8 Å². The Labute approximate surface area is 99.9 Å². The first-order valence-corrected chi connectivity index (χ1v) is 5.67. The predicted octanol–water partition coefficient (Wildman–Crippen LogP) is 1.69. The van der Waals surface area contributed by atoms with E-state index >= 15 is 0 Å².